The molecule has 1 aromatic heterocycles. The van der Waals surface area contributed by atoms with Crippen molar-refractivity contribution in [2.75, 3.05) is 11.4 Å². The maximum atomic E-state index is 13.5. The van der Waals surface area contributed by atoms with Crippen LogP contribution in [0, 0.1) is 0 Å². The van der Waals surface area contributed by atoms with Crippen LogP contribution in [0.25, 0.3) is 0 Å². The first-order valence-electron chi connectivity index (χ1n) is 13.6. The van der Waals surface area contributed by atoms with Crippen molar-refractivity contribution >= 4 is 28.9 Å². The molecule has 0 N–H and O–H groups in total. The maximum Gasteiger partial charge on any atom is 0.338 e. The third-order valence-corrected chi connectivity index (χ3v) is 7.24. The van der Waals surface area contributed by atoms with Gasteiger partial charge in [-0.2, -0.15) is 4.57 Å². The molecule has 0 radical (unpaired) electrons. The summed E-state index contributed by atoms with van der Waals surface area (Å²) in [6, 6.07) is 35.7. The number of hydrogen-bond acceptors (Lipinski definition) is 5. The van der Waals surface area contributed by atoms with E-state index in [1.807, 2.05) is 84.9 Å². The van der Waals surface area contributed by atoms with Gasteiger partial charge in [0.1, 0.15) is 6.04 Å². The van der Waals surface area contributed by atoms with E-state index < -0.39 is 23.2 Å². The Morgan fingerprint density at radius 3 is 1.79 bits per heavy atom. The Morgan fingerprint density at radius 1 is 0.667 bits per heavy atom. The van der Waals surface area contributed by atoms with Gasteiger partial charge in [0.15, 0.2) is 0 Å². The van der Waals surface area contributed by atoms with Crippen molar-refractivity contribution < 1.29 is 9.59 Å². The molecule has 1 atom stereocenters. The van der Waals surface area contributed by atoms with E-state index in [2.05, 4.69) is 0 Å². The Hall–Kier alpha value is -5.63. The van der Waals surface area contributed by atoms with Gasteiger partial charge in [-0.1, -0.05) is 78.9 Å². The summed E-state index contributed by atoms with van der Waals surface area (Å²) >= 11 is 0. The van der Waals surface area contributed by atoms with Crippen molar-refractivity contribution in [2.24, 2.45) is 4.99 Å². The zero-order chi connectivity index (χ0) is 29.1. The standard InChI is InChI=1S/C34H26N4O4/c39-30-21-23-37(34(42)38(30)32(40)26-14-8-3-9-15-26)29-20-22-36(33(29)41)28-18-16-27(17-19-28)35-31(24-10-4-1-5-11-24)25-12-6-2-7-13-25/h1-19,21,23,29H,20,22H2. The van der Waals surface area contributed by atoms with E-state index in [9.17, 15) is 19.2 Å². The number of rotatable bonds is 6. The SMILES string of the molecule is O=C1C(n2ccc(=O)n(C(=O)c3ccccc3)c2=O)CCN1c1ccc(N=C(c2ccccc2)c2ccccc2)cc1. The molecule has 42 heavy (non-hydrogen) atoms. The normalized spacial score (nSPS) is 14.5. The minimum absolute atomic E-state index is 0.208. The molecule has 8 heteroatoms. The van der Waals surface area contributed by atoms with Gasteiger partial charge < -0.3 is 4.90 Å². The van der Waals surface area contributed by atoms with Gasteiger partial charge in [0.25, 0.3) is 11.5 Å². The number of aliphatic imine (C=N–C) groups is 1. The Morgan fingerprint density at radius 2 is 1.21 bits per heavy atom. The molecule has 8 nitrogen and oxygen atoms in total. The fourth-order valence-electron chi connectivity index (χ4n) is 5.13. The highest BCUT2D eigenvalue weighted by molar-refractivity contribution is 6.14. The van der Waals surface area contributed by atoms with Crippen LogP contribution in [-0.2, 0) is 4.79 Å². The van der Waals surface area contributed by atoms with Crippen molar-refractivity contribution in [3.63, 3.8) is 0 Å². The van der Waals surface area contributed by atoms with Crippen molar-refractivity contribution in [2.45, 2.75) is 12.5 Å². The molecule has 0 spiro atoms. The minimum Gasteiger partial charge on any atom is -0.311 e. The Labute approximate surface area is 241 Å². The molecule has 1 aliphatic rings. The van der Waals surface area contributed by atoms with Crippen LogP contribution in [0.15, 0.2) is 142 Å². The minimum atomic E-state index is -0.839. The molecular weight excluding hydrogens is 528 g/mol. The lowest BCUT2D eigenvalue weighted by molar-refractivity contribution is -0.119. The van der Waals surface area contributed by atoms with Crippen LogP contribution in [0.5, 0.6) is 0 Å². The quantitative estimate of drug-likeness (QED) is 0.281. The predicted molar refractivity (Wildman–Crippen MR) is 162 cm³/mol. The largest absolute Gasteiger partial charge is 0.338 e. The van der Waals surface area contributed by atoms with Gasteiger partial charge in [0.05, 0.1) is 11.4 Å². The summed E-state index contributed by atoms with van der Waals surface area (Å²) in [5.41, 5.74) is 2.84. The number of carbonyl (C=O) groups excluding carboxylic acids is 2. The zero-order valence-electron chi connectivity index (χ0n) is 22.5. The third-order valence-electron chi connectivity index (χ3n) is 7.24. The zero-order valence-corrected chi connectivity index (χ0v) is 22.5. The summed E-state index contributed by atoms with van der Waals surface area (Å²) in [4.78, 5) is 58.8. The van der Waals surface area contributed by atoms with Crippen LogP contribution in [0.1, 0.15) is 33.9 Å². The lowest BCUT2D eigenvalue weighted by Gasteiger charge is -2.18. The Kier molecular flexibility index (Phi) is 7.26. The molecular formula is C34H26N4O4. The van der Waals surface area contributed by atoms with Crippen molar-refractivity contribution in [1.82, 2.24) is 9.13 Å². The average molecular weight is 555 g/mol. The van der Waals surface area contributed by atoms with Gasteiger partial charge >= 0.3 is 5.69 Å². The number of aromatic nitrogens is 2. The first-order valence-corrected chi connectivity index (χ1v) is 13.6. The van der Waals surface area contributed by atoms with E-state index >= 15 is 0 Å². The molecule has 1 unspecified atom stereocenters. The number of benzene rings is 4. The molecule has 206 valence electrons. The van der Waals surface area contributed by atoms with E-state index in [4.69, 9.17) is 4.99 Å². The van der Waals surface area contributed by atoms with Crippen LogP contribution in [-0.4, -0.2) is 33.2 Å². The molecule has 6 rings (SSSR count). The van der Waals surface area contributed by atoms with Crippen LogP contribution in [0.4, 0.5) is 11.4 Å². The highest BCUT2D eigenvalue weighted by Crippen LogP contribution is 2.29. The van der Waals surface area contributed by atoms with E-state index in [1.165, 1.54) is 22.9 Å². The molecule has 1 aliphatic heterocycles. The summed E-state index contributed by atoms with van der Waals surface area (Å²) < 4.78 is 1.75. The van der Waals surface area contributed by atoms with Gasteiger partial charge in [0, 0.05) is 41.2 Å². The predicted octanol–water partition coefficient (Wildman–Crippen LogP) is 4.85. The first-order chi connectivity index (χ1) is 20.5. The van der Waals surface area contributed by atoms with Gasteiger partial charge in [-0.15, -0.1) is 0 Å². The van der Waals surface area contributed by atoms with Gasteiger partial charge in [-0.3, -0.25) is 19.0 Å². The number of amides is 1. The van der Waals surface area contributed by atoms with Gasteiger partial charge in [0.2, 0.25) is 5.91 Å². The van der Waals surface area contributed by atoms with Crippen LogP contribution in [0.3, 0.4) is 0 Å². The Balaban J connectivity index is 1.27. The van der Waals surface area contributed by atoms with Crippen LogP contribution in [0.2, 0.25) is 0 Å². The molecule has 4 aromatic carbocycles. The highest BCUT2D eigenvalue weighted by Gasteiger charge is 2.35. The maximum absolute atomic E-state index is 13.5. The summed E-state index contributed by atoms with van der Waals surface area (Å²) in [6.45, 7) is 0.379. The monoisotopic (exact) mass is 554 g/mol. The summed E-state index contributed by atoms with van der Waals surface area (Å²) in [6.07, 6.45) is 1.64. The van der Waals surface area contributed by atoms with Crippen LogP contribution >= 0.6 is 0 Å². The second-order valence-electron chi connectivity index (χ2n) is 9.85. The summed E-state index contributed by atoms with van der Waals surface area (Å²) in [7, 11) is 0. The molecule has 0 bridgehead atoms. The van der Waals surface area contributed by atoms with Crippen molar-refractivity contribution in [3.8, 4) is 0 Å². The van der Waals surface area contributed by atoms with Gasteiger partial charge in [-0.25, -0.2) is 9.79 Å². The molecule has 5 aromatic rings. The third kappa shape index (κ3) is 5.13. The molecule has 1 amide bonds. The van der Waals surface area contributed by atoms with Crippen molar-refractivity contribution in [1.29, 1.82) is 0 Å². The second-order valence-corrected chi connectivity index (χ2v) is 9.85. The smallest absolute Gasteiger partial charge is 0.311 e. The van der Waals surface area contributed by atoms with E-state index in [0.717, 1.165) is 28.6 Å². The van der Waals surface area contributed by atoms with E-state index in [1.54, 1.807) is 23.1 Å². The fourth-order valence-corrected chi connectivity index (χ4v) is 5.13. The first kappa shape index (κ1) is 26.6. The van der Waals surface area contributed by atoms with Crippen molar-refractivity contribution in [3.05, 3.63) is 165 Å². The molecule has 0 aliphatic carbocycles. The number of anilines is 1. The lowest BCUT2D eigenvalue weighted by Crippen LogP contribution is -2.45. The number of nitrogens with zero attached hydrogens (tertiary/aromatic N) is 4. The molecule has 1 fully saturated rings. The van der Waals surface area contributed by atoms with Gasteiger partial charge in [-0.05, 0) is 42.8 Å². The lowest BCUT2D eigenvalue weighted by atomic mass is 10.0. The second kappa shape index (κ2) is 11.5. The topological polar surface area (TPSA) is 93.7 Å². The molecule has 1 saturated heterocycles. The highest BCUT2D eigenvalue weighted by atomic mass is 16.2. The number of carbonyl (C=O) groups is 2. The Bertz CT molecular complexity index is 1850. The van der Waals surface area contributed by atoms with E-state index in [-0.39, 0.29) is 11.5 Å². The summed E-state index contributed by atoms with van der Waals surface area (Å²) in [5, 5.41) is 0. The van der Waals surface area contributed by atoms with Crippen LogP contribution < -0.4 is 16.1 Å². The summed E-state index contributed by atoms with van der Waals surface area (Å²) in [5.74, 6) is -1.02. The molecule has 2 heterocycles. The number of hydrogen-bond donors (Lipinski definition) is 0. The van der Waals surface area contributed by atoms with E-state index in [0.29, 0.717) is 23.2 Å². The molecule has 0 saturated carbocycles. The average Bonchev–Trinajstić information content (AvgIpc) is 3.42. The fraction of sp³-hybridized carbons (Fsp3) is 0.0882.